The zero-order chi connectivity index (χ0) is 30.8. The molecular formula is C40H56SiZr. The van der Waals surface area contributed by atoms with Gasteiger partial charge in [-0.3, -0.25) is 0 Å². The molecule has 2 heteroatoms. The van der Waals surface area contributed by atoms with E-state index in [4.69, 9.17) is 0 Å². The molecule has 2 aromatic carbocycles. The maximum atomic E-state index is 2.76. The van der Waals surface area contributed by atoms with Gasteiger partial charge in [0.2, 0.25) is 0 Å². The molecule has 0 saturated heterocycles. The molecule has 0 spiro atoms. The predicted octanol–water partition coefficient (Wildman–Crippen LogP) is 11.4. The fourth-order valence-corrected chi connectivity index (χ4v) is 18.6. The summed E-state index contributed by atoms with van der Waals surface area (Å²) in [7, 11) is -1.33. The minimum absolute atomic E-state index is 0.228. The molecule has 0 bridgehead atoms. The van der Waals surface area contributed by atoms with Crippen molar-refractivity contribution < 1.29 is 21.3 Å². The Bertz CT molecular complexity index is 1510. The number of allylic oxidation sites excluding steroid dienone is 4. The molecule has 0 aromatic heterocycles. The average molecular weight is 656 g/mol. The molecule has 6 rings (SSSR count). The van der Waals surface area contributed by atoms with E-state index in [1.807, 2.05) is 3.28 Å². The quantitative estimate of drug-likeness (QED) is 0.289. The first-order valence-corrected chi connectivity index (χ1v) is 24.1. The molecule has 0 unspecified atom stereocenters. The molecule has 4 aliphatic carbocycles. The summed E-state index contributed by atoms with van der Waals surface area (Å²) < 4.78 is 4.18. The third kappa shape index (κ3) is 4.80. The van der Waals surface area contributed by atoms with Gasteiger partial charge >= 0.3 is 268 Å². The van der Waals surface area contributed by atoms with Crippen molar-refractivity contribution >= 4 is 11.3 Å². The maximum absolute atomic E-state index is 2.76. The molecule has 0 N–H and O–H groups in total. The van der Waals surface area contributed by atoms with Crippen molar-refractivity contribution in [1.82, 2.24) is 0 Å². The second-order valence-electron chi connectivity index (χ2n) is 18.1. The van der Waals surface area contributed by atoms with Crippen LogP contribution in [0.4, 0.5) is 0 Å². The van der Waals surface area contributed by atoms with Gasteiger partial charge in [-0.1, -0.05) is 0 Å². The van der Waals surface area contributed by atoms with Gasteiger partial charge in [0.25, 0.3) is 0 Å². The molecular weight excluding hydrogens is 600 g/mol. The second-order valence-corrected chi connectivity index (χ2v) is 30.7. The molecule has 0 atom stereocenters. The second kappa shape index (κ2) is 9.69. The molecule has 0 radical (unpaired) electrons. The normalized spacial score (nSPS) is 22.9. The zero-order valence-corrected chi connectivity index (χ0v) is 32.5. The van der Waals surface area contributed by atoms with Crippen molar-refractivity contribution in [3.63, 3.8) is 0 Å². The fourth-order valence-electron chi connectivity index (χ4n) is 8.72. The Balaban J connectivity index is 1.67. The molecule has 224 valence electrons. The molecule has 0 saturated carbocycles. The van der Waals surface area contributed by atoms with Crippen molar-refractivity contribution in [3.05, 3.63) is 78.3 Å². The number of hydrogen-bond donors (Lipinski definition) is 0. The van der Waals surface area contributed by atoms with E-state index in [2.05, 4.69) is 125 Å². The van der Waals surface area contributed by atoms with Gasteiger partial charge in [-0.15, -0.1) is 0 Å². The number of fused-ring (bicyclic) bond motifs is 5. The van der Waals surface area contributed by atoms with Gasteiger partial charge in [0.1, 0.15) is 0 Å². The Morgan fingerprint density at radius 1 is 0.643 bits per heavy atom. The molecule has 2 aromatic rings. The average Bonchev–Trinajstić information content (AvgIpc) is 3.48. The van der Waals surface area contributed by atoms with Gasteiger partial charge in [0, 0.05) is 0 Å². The molecule has 0 aliphatic heterocycles. The van der Waals surface area contributed by atoms with Crippen LogP contribution in [0.5, 0.6) is 0 Å². The standard InChI is InChI=1S/C29H37.C8H13Si.C3H6.Zr/c1-26(2)9-11-28(5,6)24-16-20-18(14-22(24)26)13-19-15-23-25(17-21(19)20)29(7,8)12-10-27(23,3)4;1-9(2,3)8-6-4-5-7-8;1-3-2;/h13-17H,9-12H2,1-8H3;6-7H,4H2,1-3H3;1-2H3;. The predicted molar refractivity (Wildman–Crippen MR) is 185 cm³/mol. The van der Waals surface area contributed by atoms with Crippen molar-refractivity contribution in [1.29, 1.82) is 0 Å². The summed E-state index contributed by atoms with van der Waals surface area (Å²) in [5.74, 6) is 0. The molecule has 0 amide bonds. The van der Waals surface area contributed by atoms with Crippen LogP contribution in [-0.2, 0) is 42.9 Å². The van der Waals surface area contributed by atoms with Gasteiger partial charge in [-0.25, -0.2) is 0 Å². The van der Waals surface area contributed by atoms with Gasteiger partial charge in [0.15, 0.2) is 0 Å². The van der Waals surface area contributed by atoms with Crippen LogP contribution >= 0.6 is 0 Å². The van der Waals surface area contributed by atoms with Gasteiger partial charge in [-0.2, -0.15) is 0 Å². The number of benzene rings is 2. The summed E-state index contributed by atoms with van der Waals surface area (Å²) >= 11 is -2.27. The molecule has 0 fully saturated rings. The van der Waals surface area contributed by atoms with Crippen LogP contribution in [0.15, 0.2) is 44.9 Å². The number of hydrogen-bond acceptors (Lipinski definition) is 0. The Morgan fingerprint density at radius 3 is 1.36 bits per heavy atom. The first-order chi connectivity index (χ1) is 19.2. The van der Waals surface area contributed by atoms with Gasteiger partial charge in [-0.05, 0) is 0 Å². The van der Waals surface area contributed by atoms with Crippen molar-refractivity contribution in [2.45, 2.75) is 146 Å². The minimum atomic E-state index is -2.27. The molecule has 0 heterocycles. The summed E-state index contributed by atoms with van der Waals surface area (Å²) in [6.45, 7) is 32.6. The number of rotatable bonds is 3. The third-order valence-corrected chi connectivity index (χ3v) is 22.1. The van der Waals surface area contributed by atoms with E-state index in [1.165, 1.54) is 32.1 Å². The van der Waals surface area contributed by atoms with Crippen molar-refractivity contribution in [2.75, 3.05) is 0 Å². The molecule has 4 aliphatic rings. The molecule has 0 nitrogen and oxygen atoms in total. The summed E-state index contributed by atoms with van der Waals surface area (Å²) in [6.07, 6.45) is 11.6. The van der Waals surface area contributed by atoms with E-state index in [0.717, 1.165) is 0 Å². The third-order valence-electron chi connectivity index (χ3n) is 11.9. The monoisotopic (exact) mass is 654 g/mol. The SMILES string of the molecule is C[C](C)=[Zr]([C]1=CC([Si](C)(C)C)=CC1)[CH]1c2cc3c(cc2-c2cc4c(cc21)C(C)(C)CCC4(C)C)C(C)(C)CCC3(C)C. The molecule has 42 heavy (non-hydrogen) atoms. The topological polar surface area (TPSA) is 0 Å². The van der Waals surface area contributed by atoms with Crippen LogP contribution in [0.1, 0.15) is 138 Å². The Hall–Kier alpha value is -1.11. The van der Waals surface area contributed by atoms with E-state index in [9.17, 15) is 0 Å². The van der Waals surface area contributed by atoms with E-state index in [-0.39, 0.29) is 21.7 Å². The zero-order valence-electron chi connectivity index (χ0n) is 29.1. The first-order valence-electron chi connectivity index (χ1n) is 16.7. The van der Waals surface area contributed by atoms with Gasteiger partial charge < -0.3 is 0 Å². The van der Waals surface area contributed by atoms with Crippen molar-refractivity contribution in [3.8, 4) is 11.1 Å². The van der Waals surface area contributed by atoms with Crippen LogP contribution in [0.2, 0.25) is 19.6 Å². The van der Waals surface area contributed by atoms with E-state index < -0.39 is 29.3 Å². The summed E-state index contributed by atoms with van der Waals surface area (Å²) in [5, 5.41) is 1.69. The Kier molecular flexibility index (Phi) is 7.13. The van der Waals surface area contributed by atoms with Crippen LogP contribution < -0.4 is 0 Å². The van der Waals surface area contributed by atoms with Crippen LogP contribution in [0.25, 0.3) is 11.1 Å². The van der Waals surface area contributed by atoms with E-state index in [1.54, 1.807) is 52.9 Å². The Labute approximate surface area is 266 Å². The first kappa shape index (κ1) is 30.9. The van der Waals surface area contributed by atoms with Crippen LogP contribution in [-0.4, -0.2) is 11.3 Å². The van der Waals surface area contributed by atoms with Gasteiger partial charge in [0.05, 0.1) is 0 Å². The van der Waals surface area contributed by atoms with E-state index >= 15 is 0 Å². The van der Waals surface area contributed by atoms with Crippen LogP contribution in [0.3, 0.4) is 0 Å². The Morgan fingerprint density at radius 2 is 1.02 bits per heavy atom. The van der Waals surface area contributed by atoms with Crippen molar-refractivity contribution in [2.24, 2.45) is 0 Å². The summed E-state index contributed by atoms with van der Waals surface area (Å²) in [6, 6.07) is 10.9. The van der Waals surface area contributed by atoms with E-state index in [0.29, 0.717) is 3.63 Å². The summed E-state index contributed by atoms with van der Waals surface area (Å²) in [4.78, 5) is 0. The summed E-state index contributed by atoms with van der Waals surface area (Å²) in [5.41, 5.74) is 14.0. The van der Waals surface area contributed by atoms with Crippen LogP contribution in [0, 0.1) is 0 Å². The fraction of sp³-hybridized carbons (Fsp3) is 0.575.